The van der Waals surface area contributed by atoms with Gasteiger partial charge in [-0.15, -0.1) is 0 Å². The van der Waals surface area contributed by atoms with Gasteiger partial charge in [-0.05, 0) is 48.6 Å². The highest BCUT2D eigenvalue weighted by Gasteiger charge is 2.49. The molecule has 8 atom stereocenters. The molecule has 5 aromatic rings. The molecule has 7 rings (SSSR count). The number of carbonyl (C=O) groups is 3. The third-order valence-electron chi connectivity index (χ3n) is 11.1. The van der Waals surface area contributed by atoms with Crippen molar-refractivity contribution < 1.29 is 57.1 Å². The maximum atomic E-state index is 14.1. The fraction of sp³-hybridized carbons (Fsp3) is 0.367. The lowest BCUT2D eigenvalue weighted by molar-refractivity contribution is -0.319. The highest BCUT2D eigenvalue weighted by atomic mass is 16.7. The van der Waals surface area contributed by atoms with E-state index in [0.717, 1.165) is 32.7 Å². The van der Waals surface area contributed by atoms with Gasteiger partial charge in [-0.1, -0.05) is 121 Å². The van der Waals surface area contributed by atoms with Crippen molar-refractivity contribution in [3.8, 4) is 11.1 Å². The number of nitrogens with zero attached hydrogens (tertiary/aromatic N) is 1. The maximum absolute atomic E-state index is 14.1. The van der Waals surface area contributed by atoms with Crippen LogP contribution in [0.25, 0.3) is 11.1 Å². The molecule has 62 heavy (non-hydrogen) atoms. The molecule has 0 aliphatic carbocycles. The first-order valence-corrected chi connectivity index (χ1v) is 20.8. The van der Waals surface area contributed by atoms with Crippen molar-refractivity contribution in [1.82, 2.24) is 4.90 Å². The Bertz CT molecular complexity index is 2230. The van der Waals surface area contributed by atoms with Crippen molar-refractivity contribution in [3.05, 3.63) is 155 Å². The predicted molar refractivity (Wildman–Crippen MR) is 227 cm³/mol. The molecule has 13 nitrogen and oxygen atoms in total. The van der Waals surface area contributed by atoms with Crippen molar-refractivity contribution in [3.63, 3.8) is 0 Å². The molecule has 2 aliphatic rings. The average molecular weight is 848 g/mol. The number of Topliss-reactive ketones (excluding diaryl/α,β-unsaturated/α-hetero) is 1. The lowest BCUT2D eigenvalue weighted by atomic mass is 9.98. The molecule has 1 aromatic heterocycles. The molecular weight excluding hydrogens is 795 g/mol. The topological polar surface area (TPSA) is 152 Å². The number of amides is 2. The highest BCUT2D eigenvalue weighted by Crippen LogP contribution is 2.35. The fourth-order valence-electron chi connectivity index (χ4n) is 7.98. The number of rotatable bonds is 19. The minimum absolute atomic E-state index is 0.0968. The number of benzene rings is 4. The summed E-state index contributed by atoms with van der Waals surface area (Å²) in [4.78, 5) is 42.0. The molecule has 0 unspecified atom stereocenters. The number of hydrogen-bond donors (Lipinski definition) is 1. The van der Waals surface area contributed by atoms with Crippen LogP contribution in [0, 0.1) is 6.92 Å². The van der Waals surface area contributed by atoms with Crippen molar-refractivity contribution in [1.29, 1.82) is 0 Å². The quantitative estimate of drug-likeness (QED) is 0.0500. The van der Waals surface area contributed by atoms with Gasteiger partial charge in [0.15, 0.2) is 12.1 Å². The van der Waals surface area contributed by atoms with E-state index in [1.54, 1.807) is 13.0 Å². The molecule has 0 saturated carbocycles. The molecule has 2 aliphatic heterocycles. The van der Waals surface area contributed by atoms with Gasteiger partial charge >= 0.3 is 6.09 Å². The van der Waals surface area contributed by atoms with Gasteiger partial charge in [-0.25, -0.2) is 9.69 Å². The molecule has 2 amide bonds. The van der Waals surface area contributed by atoms with Crippen LogP contribution in [-0.4, -0.2) is 98.1 Å². The molecule has 13 heteroatoms. The van der Waals surface area contributed by atoms with Crippen molar-refractivity contribution >= 4 is 17.8 Å². The highest BCUT2D eigenvalue weighted by molar-refractivity contribution is 6.14. The van der Waals surface area contributed by atoms with E-state index in [-0.39, 0.29) is 32.2 Å². The van der Waals surface area contributed by atoms with Crippen LogP contribution < -0.4 is 0 Å². The second kappa shape index (κ2) is 21.0. The second-order valence-electron chi connectivity index (χ2n) is 15.4. The van der Waals surface area contributed by atoms with Crippen LogP contribution in [0.5, 0.6) is 0 Å². The molecule has 1 N–H and O–H groups in total. The first-order chi connectivity index (χ1) is 30.2. The van der Waals surface area contributed by atoms with Gasteiger partial charge in [-0.3, -0.25) is 9.59 Å². The number of ketones is 1. The molecular formula is C49H53NO12. The van der Waals surface area contributed by atoms with Crippen molar-refractivity contribution in [2.45, 2.75) is 88.9 Å². The summed E-state index contributed by atoms with van der Waals surface area (Å²) in [5, 5.41) is 10.5. The molecule has 0 bridgehead atoms. The van der Waals surface area contributed by atoms with Crippen LogP contribution in [0.2, 0.25) is 0 Å². The number of hydrogen-bond acceptors (Lipinski definition) is 12. The molecule has 4 aromatic carbocycles. The number of aliphatic hydroxyl groups excluding tert-OH is 1. The van der Waals surface area contributed by atoms with Gasteiger partial charge in [0.1, 0.15) is 36.3 Å². The minimum Gasteiger partial charge on any atom is -0.457 e. The summed E-state index contributed by atoms with van der Waals surface area (Å²) in [5.41, 5.74) is 5.10. The zero-order valence-electron chi connectivity index (χ0n) is 35.3. The summed E-state index contributed by atoms with van der Waals surface area (Å²) < 4.78 is 48.9. The van der Waals surface area contributed by atoms with Gasteiger partial charge in [0, 0.05) is 32.8 Å². The first kappa shape index (κ1) is 44.5. The number of methoxy groups -OCH3 is 2. The van der Waals surface area contributed by atoms with Crippen LogP contribution in [-0.2, 0) is 57.6 Å². The Morgan fingerprint density at radius 3 is 2.05 bits per heavy atom. The number of imide groups is 1. The molecule has 2 saturated heterocycles. The minimum atomic E-state index is -1.67. The Hall–Kier alpha value is -5.51. The summed E-state index contributed by atoms with van der Waals surface area (Å²) in [6.07, 6.45) is -6.28. The van der Waals surface area contributed by atoms with Crippen LogP contribution in [0.1, 0.15) is 58.0 Å². The number of furan rings is 1. The average Bonchev–Trinajstić information content (AvgIpc) is 3.87. The summed E-state index contributed by atoms with van der Waals surface area (Å²) in [6, 6.07) is 37.2. The Kier molecular flexibility index (Phi) is 15.1. The molecule has 2 fully saturated rings. The first-order valence-electron chi connectivity index (χ1n) is 20.8. The van der Waals surface area contributed by atoms with E-state index in [4.69, 9.17) is 37.6 Å². The molecule has 3 heterocycles. The van der Waals surface area contributed by atoms with E-state index in [1.165, 1.54) is 14.2 Å². The fourth-order valence-corrected chi connectivity index (χ4v) is 7.98. The number of aliphatic hydroxyl groups is 1. The zero-order valence-corrected chi connectivity index (χ0v) is 35.3. The van der Waals surface area contributed by atoms with Gasteiger partial charge in [0.25, 0.3) is 5.91 Å². The van der Waals surface area contributed by atoms with Gasteiger partial charge in [-0.2, -0.15) is 0 Å². The standard InChI is InChI=1S/C49H53NO12/c1-31-16-14-23-36(26-31)37-27-39(41(52)44(55-3)47(53)50-32(2)42(62-49(50)54)35-21-12-7-13-22-35)60-38(37)24-15-25-57-46-45(59-30-34-19-10-6-11-20-34)43(40(28-51)61-48(46)56-4)58-29-33-17-8-5-9-18-33/h5-14,16-23,26-27,32,40,42-46,48,51H,15,24-25,28-30H2,1-4H3/t32-,40-,42-,43-,44-,45+,46+,48+/m1/s1. The largest absolute Gasteiger partial charge is 0.457 e. The number of carbonyl (C=O) groups excluding carboxylic acids is 3. The SMILES string of the molecule is CO[C@H](C(=O)c1cc(-c2cccc(C)c2)c(CCCO[C@@H]2[C@@H](OC)O[C@H](CO)[C@@H](OCc3ccccc3)[C@@H]2OCc2ccccc2)o1)C(=O)N1C(=O)O[C@@H](c2ccccc2)[C@H]1C. The van der Waals surface area contributed by atoms with E-state index in [0.29, 0.717) is 24.2 Å². The number of ether oxygens (including phenoxy) is 7. The van der Waals surface area contributed by atoms with E-state index >= 15 is 0 Å². The second-order valence-corrected chi connectivity index (χ2v) is 15.4. The Balaban J connectivity index is 1.09. The zero-order chi connectivity index (χ0) is 43.6. The number of aryl methyl sites for hydroxylation is 2. The van der Waals surface area contributed by atoms with Gasteiger partial charge < -0.3 is 42.7 Å². The Morgan fingerprint density at radius 1 is 0.790 bits per heavy atom. The Morgan fingerprint density at radius 2 is 1.44 bits per heavy atom. The molecule has 326 valence electrons. The third kappa shape index (κ3) is 10.2. The lowest BCUT2D eigenvalue weighted by Gasteiger charge is -2.45. The summed E-state index contributed by atoms with van der Waals surface area (Å²) >= 11 is 0. The van der Waals surface area contributed by atoms with E-state index in [2.05, 4.69) is 0 Å². The smallest absolute Gasteiger partial charge is 0.417 e. The summed E-state index contributed by atoms with van der Waals surface area (Å²) in [7, 11) is 2.75. The molecule has 0 spiro atoms. The third-order valence-corrected chi connectivity index (χ3v) is 11.1. The van der Waals surface area contributed by atoms with Gasteiger partial charge in [0.2, 0.25) is 11.9 Å². The normalized spacial score (nSPS) is 23.0. The maximum Gasteiger partial charge on any atom is 0.417 e. The summed E-state index contributed by atoms with van der Waals surface area (Å²) in [5.74, 6) is -1.19. The van der Waals surface area contributed by atoms with Crippen LogP contribution in [0.4, 0.5) is 4.79 Å². The van der Waals surface area contributed by atoms with Crippen LogP contribution in [0.15, 0.2) is 126 Å². The van der Waals surface area contributed by atoms with Crippen LogP contribution in [0.3, 0.4) is 0 Å². The van der Waals surface area contributed by atoms with E-state index in [9.17, 15) is 19.5 Å². The van der Waals surface area contributed by atoms with E-state index < -0.39 is 66.7 Å². The van der Waals surface area contributed by atoms with Crippen LogP contribution >= 0.6 is 0 Å². The van der Waals surface area contributed by atoms with Gasteiger partial charge in [0.05, 0.1) is 25.9 Å². The lowest BCUT2D eigenvalue weighted by Crippen LogP contribution is -2.61. The van der Waals surface area contributed by atoms with Crippen molar-refractivity contribution in [2.24, 2.45) is 0 Å². The predicted octanol–water partition coefficient (Wildman–Crippen LogP) is 7.41. The number of cyclic esters (lactones) is 1. The van der Waals surface area contributed by atoms with Crippen molar-refractivity contribution in [2.75, 3.05) is 27.4 Å². The monoisotopic (exact) mass is 847 g/mol. The van der Waals surface area contributed by atoms with E-state index in [1.807, 2.05) is 122 Å². The molecule has 0 radical (unpaired) electrons. The Labute approximate surface area is 361 Å². The summed E-state index contributed by atoms with van der Waals surface area (Å²) in [6.45, 7) is 4.04.